The lowest BCUT2D eigenvalue weighted by molar-refractivity contribution is 0.491. The average molecular weight is 372 g/mol. The van der Waals surface area contributed by atoms with Crippen molar-refractivity contribution in [1.82, 2.24) is 14.3 Å². The molecule has 0 fully saturated rings. The molecule has 0 atom stereocenters. The molecule has 0 saturated heterocycles. The molecule has 8 heteroatoms. The molecule has 0 bridgehead atoms. The van der Waals surface area contributed by atoms with Crippen LogP contribution < -0.4 is 11.3 Å². The Morgan fingerprint density at radius 2 is 2.20 bits per heavy atom. The molecular weight excluding hydrogens is 356 g/mol. The Balaban J connectivity index is 1.85. The Bertz CT molecular complexity index is 1140. The number of hydrogen-bond donors (Lipinski definition) is 1. The van der Waals surface area contributed by atoms with Crippen molar-refractivity contribution in [3.63, 3.8) is 0 Å². The van der Waals surface area contributed by atoms with Crippen LogP contribution >= 0.6 is 23.4 Å². The molecule has 128 valence electrons. The summed E-state index contributed by atoms with van der Waals surface area (Å²) >= 11 is 2.93. The van der Waals surface area contributed by atoms with E-state index in [9.17, 15) is 4.79 Å². The van der Waals surface area contributed by atoms with Gasteiger partial charge in [0.05, 0.1) is 34.3 Å². The van der Waals surface area contributed by atoms with Gasteiger partial charge in [0, 0.05) is 30.2 Å². The average Bonchev–Trinajstić information content (AvgIpc) is 3.10. The Morgan fingerprint density at radius 3 is 2.96 bits per heavy atom. The van der Waals surface area contributed by atoms with Gasteiger partial charge >= 0.3 is 0 Å². The Hall–Kier alpha value is -2.29. The van der Waals surface area contributed by atoms with E-state index in [1.165, 1.54) is 16.7 Å². The molecule has 3 aromatic heterocycles. The molecule has 0 saturated carbocycles. The van der Waals surface area contributed by atoms with Crippen molar-refractivity contribution in [2.45, 2.75) is 10.8 Å². The SMILES string of the molecule is COSc1cc2c(s1)c1cnn(Cc3cccc(N)c3)c(=O)c1n2C. The van der Waals surface area contributed by atoms with Crippen molar-refractivity contribution in [2.75, 3.05) is 12.8 Å². The molecule has 4 aromatic rings. The van der Waals surface area contributed by atoms with E-state index in [2.05, 4.69) is 5.10 Å². The van der Waals surface area contributed by atoms with Crippen LogP contribution in [-0.4, -0.2) is 21.5 Å². The highest BCUT2D eigenvalue weighted by atomic mass is 32.2. The van der Waals surface area contributed by atoms with Gasteiger partial charge in [-0.2, -0.15) is 5.10 Å². The third-order valence-corrected chi connectivity index (χ3v) is 5.95. The molecule has 1 aromatic carbocycles. The molecule has 3 heterocycles. The van der Waals surface area contributed by atoms with Crippen molar-refractivity contribution in [3.05, 3.63) is 52.4 Å². The van der Waals surface area contributed by atoms with Gasteiger partial charge in [-0.3, -0.25) is 4.79 Å². The second kappa shape index (κ2) is 6.21. The first-order valence-corrected chi connectivity index (χ1v) is 9.17. The number of nitrogens with zero attached hydrogens (tertiary/aromatic N) is 3. The summed E-state index contributed by atoms with van der Waals surface area (Å²) in [4.78, 5) is 12.9. The maximum atomic E-state index is 12.9. The third-order valence-electron chi connectivity index (χ3n) is 4.10. The van der Waals surface area contributed by atoms with Gasteiger partial charge in [-0.05, 0) is 23.8 Å². The minimum atomic E-state index is -0.105. The lowest BCUT2D eigenvalue weighted by Crippen LogP contribution is -2.24. The van der Waals surface area contributed by atoms with Crippen molar-refractivity contribution >= 4 is 50.2 Å². The van der Waals surface area contributed by atoms with Crippen molar-refractivity contribution in [2.24, 2.45) is 7.05 Å². The van der Waals surface area contributed by atoms with Gasteiger partial charge in [0.25, 0.3) is 5.56 Å². The van der Waals surface area contributed by atoms with Gasteiger partial charge in [0.15, 0.2) is 0 Å². The summed E-state index contributed by atoms with van der Waals surface area (Å²) in [5.41, 5.74) is 9.01. The van der Waals surface area contributed by atoms with E-state index >= 15 is 0 Å². The van der Waals surface area contributed by atoms with Crippen LogP contribution in [-0.2, 0) is 17.8 Å². The van der Waals surface area contributed by atoms with Crippen LogP contribution in [0.3, 0.4) is 0 Å². The van der Waals surface area contributed by atoms with Crippen molar-refractivity contribution in [3.8, 4) is 0 Å². The van der Waals surface area contributed by atoms with Crippen LogP contribution in [0.2, 0.25) is 0 Å². The quantitative estimate of drug-likeness (QED) is 0.440. The Labute approximate surface area is 152 Å². The monoisotopic (exact) mass is 372 g/mol. The second-order valence-electron chi connectivity index (χ2n) is 5.70. The molecule has 0 aliphatic rings. The number of benzene rings is 1. The van der Waals surface area contributed by atoms with Crippen molar-refractivity contribution in [1.29, 1.82) is 0 Å². The summed E-state index contributed by atoms with van der Waals surface area (Å²) in [5, 5.41) is 5.24. The number of rotatable bonds is 4. The maximum absolute atomic E-state index is 12.9. The highest BCUT2D eigenvalue weighted by molar-refractivity contribution is 7.96. The van der Waals surface area contributed by atoms with E-state index in [1.54, 1.807) is 24.6 Å². The van der Waals surface area contributed by atoms with E-state index < -0.39 is 0 Å². The zero-order valence-corrected chi connectivity index (χ0v) is 15.4. The summed E-state index contributed by atoms with van der Waals surface area (Å²) in [6.45, 7) is 0.392. The molecule has 0 spiro atoms. The highest BCUT2D eigenvalue weighted by Gasteiger charge is 2.17. The number of nitrogen functional groups attached to an aromatic ring is 1. The summed E-state index contributed by atoms with van der Waals surface area (Å²) < 4.78 is 10.6. The minimum absolute atomic E-state index is 0.105. The van der Waals surface area contributed by atoms with Crippen LogP contribution in [0.25, 0.3) is 21.1 Å². The van der Waals surface area contributed by atoms with E-state index in [0.29, 0.717) is 17.7 Å². The van der Waals surface area contributed by atoms with Gasteiger partial charge in [-0.15, -0.1) is 11.3 Å². The minimum Gasteiger partial charge on any atom is -0.399 e. The van der Waals surface area contributed by atoms with Gasteiger partial charge < -0.3 is 14.5 Å². The molecule has 0 aliphatic carbocycles. The Kier molecular flexibility index (Phi) is 4.03. The lowest BCUT2D eigenvalue weighted by atomic mass is 10.2. The Morgan fingerprint density at radius 1 is 1.36 bits per heavy atom. The molecular formula is C17H16N4O2S2. The summed E-state index contributed by atoms with van der Waals surface area (Å²) in [6, 6.07) is 9.53. The molecule has 4 rings (SSSR count). The number of thiophene rings is 1. The second-order valence-corrected chi connectivity index (χ2v) is 7.95. The number of aryl methyl sites for hydroxylation is 1. The van der Waals surface area contributed by atoms with Crippen LogP contribution in [0.4, 0.5) is 5.69 Å². The zero-order valence-electron chi connectivity index (χ0n) is 13.7. The number of hydrogen-bond acceptors (Lipinski definition) is 6. The van der Waals surface area contributed by atoms with E-state index in [0.717, 1.165) is 25.4 Å². The number of fused-ring (bicyclic) bond motifs is 3. The first-order chi connectivity index (χ1) is 12.1. The molecule has 6 nitrogen and oxygen atoms in total. The van der Waals surface area contributed by atoms with E-state index in [-0.39, 0.29) is 5.56 Å². The summed E-state index contributed by atoms with van der Waals surface area (Å²) in [5.74, 6) is 0. The van der Waals surface area contributed by atoms with Gasteiger partial charge in [0.2, 0.25) is 0 Å². The smallest absolute Gasteiger partial charge is 0.291 e. The molecule has 2 N–H and O–H groups in total. The summed E-state index contributed by atoms with van der Waals surface area (Å²) in [7, 11) is 3.55. The molecule has 0 amide bonds. The predicted molar refractivity (Wildman–Crippen MR) is 103 cm³/mol. The molecule has 25 heavy (non-hydrogen) atoms. The largest absolute Gasteiger partial charge is 0.399 e. The van der Waals surface area contributed by atoms with Gasteiger partial charge in [-0.25, -0.2) is 4.68 Å². The van der Waals surface area contributed by atoms with Crippen LogP contribution in [0.1, 0.15) is 5.56 Å². The first kappa shape index (κ1) is 16.2. The van der Waals surface area contributed by atoms with Gasteiger partial charge in [0.1, 0.15) is 5.52 Å². The topological polar surface area (TPSA) is 75.1 Å². The maximum Gasteiger partial charge on any atom is 0.291 e. The summed E-state index contributed by atoms with van der Waals surface area (Å²) in [6.07, 6.45) is 1.77. The van der Waals surface area contributed by atoms with Crippen LogP contribution in [0, 0.1) is 0 Å². The highest BCUT2D eigenvalue weighted by Crippen LogP contribution is 2.37. The van der Waals surface area contributed by atoms with Crippen LogP contribution in [0.5, 0.6) is 0 Å². The van der Waals surface area contributed by atoms with Crippen LogP contribution in [0.15, 0.2) is 45.5 Å². The fourth-order valence-electron chi connectivity index (χ4n) is 2.99. The standard InChI is InChI=1S/C17H16N4O2S2/c1-20-13-7-14(25-23-2)24-16(13)12-8-19-21(17(22)15(12)20)9-10-4-3-5-11(18)6-10/h3-8H,9,18H2,1-2H3. The number of aromatic nitrogens is 3. The van der Waals surface area contributed by atoms with E-state index in [4.69, 9.17) is 9.92 Å². The third kappa shape index (κ3) is 2.72. The van der Waals surface area contributed by atoms with Crippen molar-refractivity contribution < 1.29 is 4.18 Å². The zero-order chi connectivity index (χ0) is 17.6. The lowest BCUT2D eigenvalue weighted by Gasteiger charge is -2.06. The fraction of sp³-hybridized carbons (Fsp3) is 0.176. The number of anilines is 1. The fourth-order valence-corrected chi connectivity index (χ4v) is 4.84. The molecule has 0 radical (unpaired) electrons. The predicted octanol–water partition coefficient (Wildman–Crippen LogP) is 3.23. The normalized spacial score (nSPS) is 11.6. The van der Waals surface area contributed by atoms with Gasteiger partial charge in [-0.1, -0.05) is 12.1 Å². The molecule has 0 unspecified atom stereocenters. The molecule has 0 aliphatic heterocycles. The van der Waals surface area contributed by atoms with E-state index in [1.807, 2.05) is 41.9 Å². The first-order valence-electron chi connectivity index (χ1n) is 7.61. The number of nitrogens with two attached hydrogens (primary N) is 1.